The van der Waals surface area contributed by atoms with E-state index in [1.54, 1.807) is 4.57 Å². The van der Waals surface area contributed by atoms with Crippen LogP contribution in [0.5, 0.6) is 0 Å². The van der Waals surface area contributed by atoms with Crippen LogP contribution in [-0.2, 0) is 14.2 Å². The minimum absolute atomic E-state index is 0.0255. The summed E-state index contributed by atoms with van der Waals surface area (Å²) in [6, 6.07) is 0. The molecule has 0 saturated carbocycles. The van der Waals surface area contributed by atoms with Gasteiger partial charge >= 0.3 is 0 Å². The molecule has 0 amide bonds. The first-order valence-electron chi connectivity index (χ1n) is 7.37. The molecule has 0 aromatic carbocycles. The van der Waals surface area contributed by atoms with Gasteiger partial charge in [-0.15, -0.1) is 6.58 Å². The molecule has 2 bridgehead atoms. The number of hydrogen-bond acceptors (Lipinski definition) is 8. The number of nitrogens with zero attached hydrogens (tertiary/aromatic N) is 3. The quantitative estimate of drug-likeness (QED) is 0.601. The number of aromatic amines is 1. The fourth-order valence-corrected chi connectivity index (χ4v) is 3.50. The van der Waals surface area contributed by atoms with E-state index in [1.807, 2.05) is 0 Å². The average Bonchev–Trinajstić information content (AvgIpc) is 3.23. The first-order chi connectivity index (χ1) is 11.5. The van der Waals surface area contributed by atoms with E-state index in [9.17, 15) is 9.90 Å². The molecule has 0 spiro atoms. The Hall–Kier alpha value is -2.27. The van der Waals surface area contributed by atoms with Crippen LogP contribution in [0.1, 0.15) is 6.23 Å². The van der Waals surface area contributed by atoms with Gasteiger partial charge in [-0.05, 0) is 0 Å². The molecule has 0 unspecified atom stereocenters. The molecule has 4 heterocycles. The number of ether oxygens (including phenoxy) is 3. The lowest BCUT2D eigenvalue weighted by molar-refractivity contribution is -0.200. The number of nitrogens with two attached hydrogens (primary N) is 1. The zero-order chi connectivity index (χ0) is 17.1. The lowest BCUT2D eigenvalue weighted by atomic mass is 9.92. The molecule has 0 radical (unpaired) electrons. The lowest BCUT2D eigenvalue weighted by Gasteiger charge is -2.33. The van der Waals surface area contributed by atoms with Gasteiger partial charge in [0.2, 0.25) is 5.95 Å². The third-order valence-corrected chi connectivity index (χ3v) is 4.61. The molecule has 4 N–H and O–H groups in total. The van der Waals surface area contributed by atoms with E-state index in [4.69, 9.17) is 19.9 Å². The van der Waals surface area contributed by atoms with E-state index in [2.05, 4.69) is 21.5 Å². The Labute approximate surface area is 135 Å². The third-order valence-electron chi connectivity index (χ3n) is 4.61. The highest BCUT2D eigenvalue weighted by Gasteiger charge is 2.65. The molecule has 128 valence electrons. The largest absolute Gasteiger partial charge is 0.386 e. The number of methoxy groups -OCH3 is 1. The Morgan fingerprint density at radius 2 is 2.50 bits per heavy atom. The number of fused-ring (bicyclic) bond motifs is 3. The molecule has 2 aromatic heterocycles. The van der Waals surface area contributed by atoms with Gasteiger partial charge in [0.1, 0.15) is 18.3 Å². The monoisotopic (exact) mass is 335 g/mol. The second kappa shape index (κ2) is 5.11. The first-order valence-corrected chi connectivity index (χ1v) is 7.37. The summed E-state index contributed by atoms with van der Waals surface area (Å²) in [4.78, 5) is 22.5. The molecule has 10 heteroatoms. The Balaban J connectivity index is 1.82. The highest BCUT2D eigenvalue weighted by molar-refractivity contribution is 5.70. The third kappa shape index (κ3) is 1.82. The van der Waals surface area contributed by atoms with Crippen molar-refractivity contribution >= 4 is 17.1 Å². The summed E-state index contributed by atoms with van der Waals surface area (Å²) >= 11 is 0. The van der Waals surface area contributed by atoms with Gasteiger partial charge < -0.3 is 25.1 Å². The molecule has 2 fully saturated rings. The van der Waals surface area contributed by atoms with Crippen LogP contribution < -0.4 is 11.3 Å². The molecule has 4 rings (SSSR count). The Morgan fingerprint density at radius 3 is 3.21 bits per heavy atom. The summed E-state index contributed by atoms with van der Waals surface area (Å²) < 4.78 is 18.9. The maximum absolute atomic E-state index is 11.9. The number of rotatable bonds is 4. The summed E-state index contributed by atoms with van der Waals surface area (Å²) in [7, 11) is 1.52. The van der Waals surface area contributed by atoms with Gasteiger partial charge in [-0.25, -0.2) is 4.98 Å². The van der Waals surface area contributed by atoms with Crippen LogP contribution >= 0.6 is 0 Å². The number of aliphatic hydroxyl groups excluding tert-OH is 1. The van der Waals surface area contributed by atoms with E-state index in [1.165, 1.54) is 19.5 Å². The zero-order valence-electron chi connectivity index (χ0n) is 12.9. The standard InChI is InChI=1S/C14H17N5O5/c1-3-6(20)14-4-23-8(9(14)22-2)12(24-14)19-5-16-7-10(19)17-13(15)18-11(7)21/h3,5-6,8-9,12,20H,1,4H2,2H3,(H3,15,17,18,21)/t6-,8+,9-,12+,14+/m0/s1. The summed E-state index contributed by atoms with van der Waals surface area (Å²) in [5.41, 5.74) is 4.52. The number of imidazole rings is 1. The van der Waals surface area contributed by atoms with Crippen molar-refractivity contribution in [2.45, 2.75) is 30.1 Å². The van der Waals surface area contributed by atoms with Gasteiger partial charge in [0.05, 0.1) is 12.9 Å². The molecular formula is C14H17N5O5. The minimum atomic E-state index is -1.07. The van der Waals surface area contributed by atoms with E-state index < -0.39 is 35.7 Å². The highest BCUT2D eigenvalue weighted by atomic mass is 16.7. The van der Waals surface area contributed by atoms with Gasteiger partial charge in [-0.3, -0.25) is 14.3 Å². The number of aliphatic hydroxyl groups is 1. The fraction of sp³-hybridized carbons (Fsp3) is 0.500. The van der Waals surface area contributed by atoms with Crippen molar-refractivity contribution in [2.24, 2.45) is 0 Å². The highest BCUT2D eigenvalue weighted by Crippen LogP contribution is 2.48. The van der Waals surface area contributed by atoms with E-state index >= 15 is 0 Å². The number of anilines is 1. The number of H-pyrrole nitrogens is 1. The van der Waals surface area contributed by atoms with Crippen molar-refractivity contribution in [2.75, 3.05) is 19.5 Å². The summed E-state index contributed by atoms with van der Waals surface area (Å²) in [5.74, 6) is -0.0255. The van der Waals surface area contributed by atoms with Crippen molar-refractivity contribution in [3.8, 4) is 0 Å². The Morgan fingerprint density at radius 1 is 1.71 bits per heavy atom. The normalized spacial score (nSPS) is 33.2. The van der Waals surface area contributed by atoms with E-state index in [0.29, 0.717) is 0 Å². The molecule has 2 saturated heterocycles. The van der Waals surface area contributed by atoms with Crippen molar-refractivity contribution in [3.05, 3.63) is 29.3 Å². The van der Waals surface area contributed by atoms with E-state index in [0.717, 1.165) is 0 Å². The molecule has 2 aliphatic rings. The molecule has 2 aliphatic heterocycles. The van der Waals surface area contributed by atoms with Crippen molar-refractivity contribution < 1.29 is 19.3 Å². The topological polar surface area (TPSA) is 138 Å². The van der Waals surface area contributed by atoms with Crippen molar-refractivity contribution in [1.82, 2.24) is 19.5 Å². The maximum atomic E-state index is 11.9. The van der Waals surface area contributed by atoms with Gasteiger partial charge in [0, 0.05) is 7.11 Å². The lowest BCUT2D eigenvalue weighted by Crippen LogP contribution is -2.50. The molecule has 0 aliphatic carbocycles. The summed E-state index contributed by atoms with van der Waals surface area (Å²) in [6.45, 7) is 3.78. The maximum Gasteiger partial charge on any atom is 0.280 e. The fourth-order valence-electron chi connectivity index (χ4n) is 3.50. The van der Waals surface area contributed by atoms with Crippen molar-refractivity contribution in [1.29, 1.82) is 0 Å². The van der Waals surface area contributed by atoms with Gasteiger partial charge in [0.15, 0.2) is 23.0 Å². The summed E-state index contributed by atoms with van der Waals surface area (Å²) in [5, 5.41) is 10.3. The first kappa shape index (κ1) is 15.3. The minimum Gasteiger partial charge on any atom is -0.386 e. The second-order valence-corrected chi connectivity index (χ2v) is 5.85. The smallest absolute Gasteiger partial charge is 0.280 e. The van der Waals surface area contributed by atoms with Crippen LogP contribution in [0.15, 0.2) is 23.8 Å². The second-order valence-electron chi connectivity index (χ2n) is 5.85. The number of nitrogen functional groups attached to an aromatic ring is 1. The zero-order valence-corrected chi connectivity index (χ0v) is 12.9. The van der Waals surface area contributed by atoms with Gasteiger partial charge in [-0.2, -0.15) is 4.98 Å². The predicted molar refractivity (Wildman–Crippen MR) is 82.2 cm³/mol. The molecule has 5 atom stereocenters. The van der Waals surface area contributed by atoms with Crippen LogP contribution in [0.2, 0.25) is 0 Å². The number of nitrogens with one attached hydrogen (secondary N) is 1. The number of aromatic nitrogens is 4. The van der Waals surface area contributed by atoms with Crippen LogP contribution in [-0.4, -0.2) is 62.3 Å². The van der Waals surface area contributed by atoms with Gasteiger partial charge in [-0.1, -0.05) is 6.08 Å². The summed E-state index contributed by atoms with van der Waals surface area (Å²) in [6.07, 6.45) is 0.164. The molecule has 10 nitrogen and oxygen atoms in total. The Bertz CT molecular complexity index is 863. The van der Waals surface area contributed by atoms with E-state index in [-0.39, 0.29) is 23.7 Å². The van der Waals surface area contributed by atoms with Crippen molar-refractivity contribution in [3.63, 3.8) is 0 Å². The Kier molecular flexibility index (Phi) is 3.25. The number of hydrogen-bond donors (Lipinski definition) is 3. The van der Waals surface area contributed by atoms with Crippen LogP contribution in [0.25, 0.3) is 11.2 Å². The van der Waals surface area contributed by atoms with Gasteiger partial charge in [0.25, 0.3) is 5.56 Å². The predicted octanol–water partition coefficient (Wildman–Crippen LogP) is -1.07. The van der Waals surface area contributed by atoms with Crippen LogP contribution in [0, 0.1) is 0 Å². The van der Waals surface area contributed by atoms with Crippen LogP contribution in [0.3, 0.4) is 0 Å². The molecular weight excluding hydrogens is 318 g/mol. The molecule has 24 heavy (non-hydrogen) atoms. The molecule has 2 aromatic rings. The van der Waals surface area contributed by atoms with Crippen LogP contribution in [0.4, 0.5) is 5.95 Å². The SMILES string of the molecule is C=C[C@H](O)[C@@]12CO[C@@H]([C@H](n3cnc4c(=O)[nH]c(N)nc43)O1)[C@@H]2OC. The average molecular weight is 335 g/mol.